The summed E-state index contributed by atoms with van der Waals surface area (Å²) in [4.78, 5) is 11.2. The molecule has 4 heteroatoms. The van der Waals surface area contributed by atoms with Gasteiger partial charge < -0.3 is 14.6 Å². The number of hydrogen-bond acceptors (Lipinski definition) is 4. The van der Waals surface area contributed by atoms with E-state index in [0.717, 1.165) is 0 Å². The lowest BCUT2D eigenvalue weighted by atomic mass is 9.83. The second-order valence-corrected chi connectivity index (χ2v) is 3.63. The van der Waals surface area contributed by atoms with Gasteiger partial charge in [-0.25, -0.2) is 0 Å². The Morgan fingerprint density at radius 3 is 2.77 bits per heavy atom. The molecule has 1 spiro atoms. The molecule has 0 amide bonds. The van der Waals surface area contributed by atoms with E-state index in [1.807, 2.05) is 0 Å². The minimum absolute atomic E-state index is 0.0360. The fourth-order valence-electron chi connectivity index (χ4n) is 2.10. The molecule has 1 saturated carbocycles. The van der Waals surface area contributed by atoms with Gasteiger partial charge in [0.05, 0.1) is 19.8 Å². The van der Waals surface area contributed by atoms with Crippen molar-refractivity contribution in [3.05, 3.63) is 0 Å². The van der Waals surface area contributed by atoms with Crippen molar-refractivity contribution in [3.63, 3.8) is 0 Å². The summed E-state index contributed by atoms with van der Waals surface area (Å²) in [6.07, 6.45) is 1.49. The Balaban J connectivity index is 2.12. The Bertz CT molecular complexity index is 208. The van der Waals surface area contributed by atoms with Crippen molar-refractivity contribution in [2.75, 3.05) is 19.8 Å². The van der Waals surface area contributed by atoms with E-state index in [2.05, 4.69) is 0 Å². The molecule has 1 N–H and O–H groups in total. The summed E-state index contributed by atoms with van der Waals surface area (Å²) in [6, 6.07) is 0. The van der Waals surface area contributed by atoms with Gasteiger partial charge in [-0.1, -0.05) is 0 Å². The third-order valence-electron chi connectivity index (χ3n) is 2.84. The maximum Gasteiger partial charge on any atom is 0.174 e. The molecule has 2 rings (SSSR count). The molecule has 0 radical (unpaired) electrons. The molecule has 1 heterocycles. The van der Waals surface area contributed by atoms with Crippen LogP contribution < -0.4 is 0 Å². The molecule has 4 nitrogen and oxygen atoms in total. The smallest absolute Gasteiger partial charge is 0.174 e. The van der Waals surface area contributed by atoms with E-state index in [1.165, 1.54) is 0 Å². The van der Waals surface area contributed by atoms with Crippen LogP contribution in [0.1, 0.15) is 19.3 Å². The summed E-state index contributed by atoms with van der Waals surface area (Å²) in [5.74, 6) is -0.622. The van der Waals surface area contributed by atoms with Gasteiger partial charge in [-0.05, 0) is 0 Å². The Hall–Kier alpha value is -0.450. The summed E-state index contributed by atoms with van der Waals surface area (Å²) in [6.45, 7) is 1.11. The number of aliphatic hydroxyl groups is 1. The Kier molecular flexibility index (Phi) is 2.36. The second kappa shape index (κ2) is 3.36. The monoisotopic (exact) mass is 186 g/mol. The van der Waals surface area contributed by atoms with Gasteiger partial charge >= 0.3 is 0 Å². The van der Waals surface area contributed by atoms with E-state index in [1.54, 1.807) is 0 Å². The Labute approximate surface area is 76.8 Å². The van der Waals surface area contributed by atoms with Gasteiger partial charge in [-0.3, -0.25) is 4.79 Å². The topological polar surface area (TPSA) is 55.8 Å². The predicted octanol–water partition coefficient (Wildman–Crippen LogP) is 0.0910. The lowest BCUT2D eigenvalue weighted by molar-refractivity contribution is -0.217. The summed E-state index contributed by atoms with van der Waals surface area (Å²) in [7, 11) is 0. The van der Waals surface area contributed by atoms with Crippen LogP contribution in [0.4, 0.5) is 0 Å². The number of carbonyl (C=O) groups excluding carboxylic acids is 1. The molecule has 2 fully saturated rings. The zero-order chi connectivity index (χ0) is 9.31. The average Bonchev–Trinajstić information content (AvgIpc) is 2.59. The molecule has 1 aliphatic carbocycles. The fourth-order valence-corrected chi connectivity index (χ4v) is 2.10. The molecule has 1 aliphatic heterocycles. The van der Waals surface area contributed by atoms with Gasteiger partial charge in [0.25, 0.3) is 0 Å². The SMILES string of the molecule is O=C1CCC2(OCCO2)[C@@H](CO)C1. The van der Waals surface area contributed by atoms with Gasteiger partial charge in [0.2, 0.25) is 0 Å². The minimum atomic E-state index is -0.650. The van der Waals surface area contributed by atoms with E-state index >= 15 is 0 Å². The van der Waals surface area contributed by atoms with Crippen molar-refractivity contribution in [3.8, 4) is 0 Å². The molecular formula is C9H14O4. The van der Waals surface area contributed by atoms with Crippen molar-refractivity contribution in [2.24, 2.45) is 5.92 Å². The number of rotatable bonds is 1. The summed E-state index contributed by atoms with van der Waals surface area (Å²) in [5.41, 5.74) is 0. The zero-order valence-corrected chi connectivity index (χ0v) is 7.49. The highest BCUT2D eigenvalue weighted by Crippen LogP contribution is 2.38. The van der Waals surface area contributed by atoms with Crippen molar-refractivity contribution < 1.29 is 19.4 Å². The molecule has 1 atom stereocenters. The molecule has 0 aromatic rings. The van der Waals surface area contributed by atoms with Crippen molar-refractivity contribution in [2.45, 2.75) is 25.0 Å². The first-order valence-electron chi connectivity index (χ1n) is 4.67. The van der Waals surface area contributed by atoms with Gasteiger partial charge in [0.1, 0.15) is 5.78 Å². The third kappa shape index (κ3) is 1.49. The van der Waals surface area contributed by atoms with Gasteiger partial charge in [-0.2, -0.15) is 0 Å². The maximum absolute atomic E-state index is 11.2. The molecule has 0 aromatic carbocycles. The highest BCUT2D eigenvalue weighted by molar-refractivity contribution is 5.79. The number of carbonyl (C=O) groups is 1. The van der Waals surface area contributed by atoms with Crippen LogP contribution in [0.5, 0.6) is 0 Å². The molecule has 0 unspecified atom stereocenters. The lowest BCUT2D eigenvalue weighted by Crippen LogP contribution is -2.45. The van der Waals surface area contributed by atoms with E-state index in [9.17, 15) is 4.79 Å². The standard InChI is InChI=1S/C9H14O4/c10-6-7-5-8(11)1-2-9(7)12-3-4-13-9/h7,10H,1-6H2/t7-/m1/s1. The Morgan fingerprint density at radius 2 is 2.15 bits per heavy atom. The predicted molar refractivity (Wildman–Crippen MR) is 44.1 cm³/mol. The van der Waals surface area contributed by atoms with Crippen LogP contribution in [0.25, 0.3) is 0 Å². The number of ether oxygens (including phenoxy) is 2. The maximum atomic E-state index is 11.2. The van der Waals surface area contributed by atoms with Crippen LogP contribution >= 0.6 is 0 Å². The molecule has 74 valence electrons. The van der Waals surface area contributed by atoms with E-state index in [-0.39, 0.29) is 18.3 Å². The van der Waals surface area contributed by atoms with Crippen molar-refractivity contribution in [1.82, 2.24) is 0 Å². The van der Waals surface area contributed by atoms with Crippen LogP contribution in [0.3, 0.4) is 0 Å². The number of hydrogen-bond donors (Lipinski definition) is 1. The van der Waals surface area contributed by atoms with Gasteiger partial charge in [0, 0.05) is 25.2 Å². The van der Waals surface area contributed by atoms with Crippen molar-refractivity contribution in [1.29, 1.82) is 0 Å². The second-order valence-electron chi connectivity index (χ2n) is 3.63. The van der Waals surface area contributed by atoms with Crippen LogP contribution in [0.15, 0.2) is 0 Å². The first kappa shape index (κ1) is 9.12. The van der Waals surface area contributed by atoms with Crippen molar-refractivity contribution >= 4 is 5.78 Å². The number of Topliss-reactive ketones (excluding diaryl/α,β-unsaturated/α-hetero) is 1. The highest BCUT2D eigenvalue weighted by Gasteiger charge is 2.47. The molecule has 1 saturated heterocycles. The molecule has 0 aromatic heterocycles. The molecular weight excluding hydrogens is 172 g/mol. The van der Waals surface area contributed by atoms with Gasteiger partial charge in [0.15, 0.2) is 5.79 Å². The molecule has 13 heavy (non-hydrogen) atoms. The quantitative estimate of drug-likeness (QED) is 0.630. The normalized spacial score (nSPS) is 32.7. The van der Waals surface area contributed by atoms with Crippen LogP contribution in [0, 0.1) is 5.92 Å². The molecule has 0 bridgehead atoms. The van der Waals surface area contributed by atoms with E-state index < -0.39 is 5.79 Å². The Morgan fingerprint density at radius 1 is 1.46 bits per heavy atom. The zero-order valence-electron chi connectivity index (χ0n) is 7.49. The first-order valence-corrected chi connectivity index (χ1v) is 4.67. The van der Waals surface area contributed by atoms with E-state index in [4.69, 9.17) is 14.6 Å². The van der Waals surface area contributed by atoms with Crippen LogP contribution in [0.2, 0.25) is 0 Å². The first-order chi connectivity index (χ1) is 6.27. The summed E-state index contributed by atoms with van der Waals surface area (Å²) in [5, 5.41) is 9.12. The summed E-state index contributed by atoms with van der Waals surface area (Å²) >= 11 is 0. The number of aliphatic hydroxyl groups excluding tert-OH is 1. The third-order valence-corrected chi connectivity index (χ3v) is 2.84. The highest BCUT2D eigenvalue weighted by atomic mass is 16.7. The number of ketones is 1. The molecule has 2 aliphatic rings. The fraction of sp³-hybridized carbons (Fsp3) is 0.889. The lowest BCUT2D eigenvalue weighted by Gasteiger charge is -2.37. The largest absolute Gasteiger partial charge is 0.396 e. The van der Waals surface area contributed by atoms with Crippen LogP contribution in [-0.2, 0) is 14.3 Å². The summed E-state index contributed by atoms with van der Waals surface area (Å²) < 4.78 is 11.0. The van der Waals surface area contributed by atoms with E-state index in [0.29, 0.717) is 32.5 Å². The minimum Gasteiger partial charge on any atom is -0.396 e. The average molecular weight is 186 g/mol. The van der Waals surface area contributed by atoms with Gasteiger partial charge in [-0.15, -0.1) is 0 Å². The van der Waals surface area contributed by atoms with Crippen LogP contribution in [-0.4, -0.2) is 36.5 Å².